The van der Waals surface area contributed by atoms with Crippen molar-refractivity contribution in [2.75, 3.05) is 0 Å². The van der Waals surface area contributed by atoms with Gasteiger partial charge in [0.05, 0.1) is 28.1 Å². The van der Waals surface area contributed by atoms with Gasteiger partial charge in [-0.05, 0) is 12.1 Å². The van der Waals surface area contributed by atoms with Crippen LogP contribution in [0.15, 0.2) is 67.6 Å². The molecule has 0 fully saturated rings. The maximum Gasteiger partial charge on any atom is 0.161 e. The second-order valence-electron chi connectivity index (χ2n) is 6.94. The average molecular weight is 408 g/mol. The molecule has 0 radical (unpaired) electrons. The highest BCUT2D eigenvalue weighted by molar-refractivity contribution is 5.98. The van der Waals surface area contributed by atoms with Gasteiger partial charge in [-0.3, -0.25) is 15.1 Å². The molecule has 0 aliphatic carbocycles. The van der Waals surface area contributed by atoms with E-state index in [1.165, 1.54) is 18.7 Å². The third kappa shape index (κ3) is 2.75. The van der Waals surface area contributed by atoms with Crippen LogP contribution in [0.5, 0.6) is 0 Å². The number of nitrogens with one attached hydrogen (secondary N) is 2. The minimum absolute atomic E-state index is 0.155. The Hall–Kier alpha value is -4.53. The van der Waals surface area contributed by atoms with E-state index in [0.717, 1.165) is 22.2 Å². The zero-order valence-corrected chi connectivity index (χ0v) is 15.9. The van der Waals surface area contributed by atoms with Gasteiger partial charge in [-0.2, -0.15) is 5.10 Å². The number of rotatable bonds is 3. The molecule has 0 atom stereocenters. The van der Waals surface area contributed by atoms with Crippen LogP contribution >= 0.6 is 0 Å². The van der Waals surface area contributed by atoms with Gasteiger partial charge in [0.2, 0.25) is 0 Å². The first-order valence-electron chi connectivity index (χ1n) is 9.47. The Morgan fingerprint density at radius 2 is 1.68 bits per heavy atom. The van der Waals surface area contributed by atoms with Crippen LogP contribution in [-0.2, 0) is 0 Å². The molecule has 0 aliphatic heterocycles. The summed E-state index contributed by atoms with van der Waals surface area (Å²) >= 11 is 0. The summed E-state index contributed by atoms with van der Waals surface area (Å²) in [6.07, 6.45) is 9.48. The molecule has 0 saturated carbocycles. The van der Waals surface area contributed by atoms with E-state index in [4.69, 9.17) is 4.98 Å². The van der Waals surface area contributed by atoms with Crippen LogP contribution in [0.25, 0.3) is 55.8 Å². The van der Waals surface area contributed by atoms with E-state index >= 15 is 4.39 Å². The fourth-order valence-electron chi connectivity index (χ4n) is 3.67. The molecule has 0 amide bonds. The lowest BCUT2D eigenvalue weighted by atomic mass is 10.1. The summed E-state index contributed by atoms with van der Waals surface area (Å²) in [5, 5.41) is 7.46. The molecular weight excluding hydrogens is 395 g/mol. The third-order valence-corrected chi connectivity index (χ3v) is 5.09. The molecule has 8 nitrogen and oxygen atoms in total. The number of aromatic amines is 2. The smallest absolute Gasteiger partial charge is 0.161 e. The molecule has 148 valence electrons. The monoisotopic (exact) mass is 408 g/mol. The largest absolute Gasteiger partial charge is 0.337 e. The van der Waals surface area contributed by atoms with E-state index in [1.54, 1.807) is 18.6 Å². The van der Waals surface area contributed by atoms with Crippen molar-refractivity contribution < 1.29 is 4.39 Å². The van der Waals surface area contributed by atoms with E-state index in [9.17, 15) is 0 Å². The molecule has 2 N–H and O–H groups in total. The van der Waals surface area contributed by atoms with Crippen LogP contribution in [0, 0.1) is 5.82 Å². The van der Waals surface area contributed by atoms with E-state index in [-0.39, 0.29) is 5.69 Å². The van der Waals surface area contributed by atoms with Crippen LogP contribution in [0.2, 0.25) is 0 Å². The van der Waals surface area contributed by atoms with Crippen molar-refractivity contribution in [1.82, 2.24) is 40.1 Å². The number of hydrogen-bond acceptors (Lipinski definition) is 6. The van der Waals surface area contributed by atoms with Crippen molar-refractivity contribution in [3.8, 4) is 33.9 Å². The summed E-state index contributed by atoms with van der Waals surface area (Å²) in [5.41, 5.74) is 4.94. The Kier molecular flexibility index (Phi) is 3.79. The summed E-state index contributed by atoms with van der Waals surface area (Å²) in [6, 6.07) is 9.68. The lowest BCUT2D eigenvalue weighted by Gasteiger charge is -2.03. The van der Waals surface area contributed by atoms with Crippen molar-refractivity contribution in [2.24, 2.45) is 0 Å². The van der Waals surface area contributed by atoms with Gasteiger partial charge >= 0.3 is 0 Å². The van der Waals surface area contributed by atoms with Crippen molar-refractivity contribution >= 4 is 21.9 Å². The fraction of sp³-hybridized carbons (Fsp3) is 0. The van der Waals surface area contributed by atoms with E-state index in [1.807, 2.05) is 30.3 Å². The number of H-pyrrole nitrogens is 2. The predicted octanol–water partition coefficient (Wildman–Crippen LogP) is 4.16. The Morgan fingerprint density at radius 3 is 2.52 bits per heavy atom. The molecular formula is C22H13FN8. The number of para-hydroxylation sites is 1. The number of nitrogens with zero attached hydrogens (tertiary/aromatic N) is 6. The zero-order chi connectivity index (χ0) is 20.8. The van der Waals surface area contributed by atoms with Gasteiger partial charge in [-0.15, -0.1) is 0 Å². The first-order chi connectivity index (χ1) is 15.3. The van der Waals surface area contributed by atoms with Crippen LogP contribution < -0.4 is 0 Å². The van der Waals surface area contributed by atoms with Crippen LogP contribution in [0.3, 0.4) is 0 Å². The highest BCUT2D eigenvalue weighted by Crippen LogP contribution is 2.34. The molecule has 1 aromatic carbocycles. The number of fused-ring (bicyclic) bond motifs is 2. The standard InChI is InChI=1S/C22H13FN8/c23-18-17-16(10-27-19(18)13-8-25-11-26-9-13)30-31-21(17)22-28-15-5-1-4-14(20(15)29-22)12-3-2-6-24-7-12/h1-11H,(H,28,29)(H,30,31). The number of benzene rings is 1. The molecule has 6 aromatic rings. The SMILES string of the molecule is Fc1c(-c2cncnc2)ncc2[nH]nc(-c3nc4c(-c5cccnc5)cccc4[nH]3)c12. The van der Waals surface area contributed by atoms with Gasteiger partial charge in [0.1, 0.15) is 17.7 Å². The summed E-state index contributed by atoms with van der Waals surface area (Å²) in [4.78, 5) is 24.3. The Balaban J connectivity index is 1.56. The predicted molar refractivity (Wildman–Crippen MR) is 113 cm³/mol. The molecule has 0 saturated heterocycles. The fourth-order valence-corrected chi connectivity index (χ4v) is 3.67. The van der Waals surface area contributed by atoms with Gasteiger partial charge in [0.25, 0.3) is 0 Å². The van der Waals surface area contributed by atoms with Gasteiger partial charge < -0.3 is 4.98 Å². The first kappa shape index (κ1) is 17.3. The Bertz CT molecular complexity index is 1540. The van der Waals surface area contributed by atoms with E-state index < -0.39 is 5.82 Å². The topological polar surface area (TPSA) is 109 Å². The van der Waals surface area contributed by atoms with E-state index in [2.05, 4.69) is 35.1 Å². The maximum atomic E-state index is 15.5. The normalized spacial score (nSPS) is 11.4. The van der Waals surface area contributed by atoms with Gasteiger partial charge in [-0.25, -0.2) is 19.3 Å². The minimum Gasteiger partial charge on any atom is -0.337 e. The molecule has 0 bridgehead atoms. The first-order valence-corrected chi connectivity index (χ1v) is 9.47. The van der Waals surface area contributed by atoms with Gasteiger partial charge in [-0.1, -0.05) is 18.2 Å². The molecule has 5 heterocycles. The Labute approximate surface area is 174 Å². The molecule has 31 heavy (non-hydrogen) atoms. The van der Waals surface area contributed by atoms with Crippen molar-refractivity contribution in [1.29, 1.82) is 0 Å². The van der Waals surface area contributed by atoms with Gasteiger partial charge in [0.15, 0.2) is 11.6 Å². The second kappa shape index (κ2) is 6.77. The third-order valence-electron chi connectivity index (χ3n) is 5.09. The lowest BCUT2D eigenvalue weighted by molar-refractivity contribution is 0.638. The molecule has 6 rings (SSSR count). The Morgan fingerprint density at radius 1 is 0.806 bits per heavy atom. The van der Waals surface area contributed by atoms with Crippen molar-refractivity contribution in [2.45, 2.75) is 0 Å². The number of aromatic nitrogens is 8. The highest BCUT2D eigenvalue weighted by atomic mass is 19.1. The van der Waals surface area contributed by atoms with Gasteiger partial charge in [0, 0.05) is 41.5 Å². The lowest BCUT2D eigenvalue weighted by Crippen LogP contribution is -1.93. The average Bonchev–Trinajstić information content (AvgIpc) is 3.45. The molecule has 9 heteroatoms. The summed E-state index contributed by atoms with van der Waals surface area (Å²) in [5.74, 6) is -0.0538. The quantitative estimate of drug-likeness (QED) is 0.455. The van der Waals surface area contributed by atoms with E-state index in [0.29, 0.717) is 28.0 Å². The molecule has 0 spiro atoms. The van der Waals surface area contributed by atoms with Crippen LogP contribution in [0.1, 0.15) is 0 Å². The number of hydrogen-bond donors (Lipinski definition) is 2. The summed E-state index contributed by atoms with van der Waals surface area (Å²) in [7, 11) is 0. The number of pyridine rings is 2. The summed E-state index contributed by atoms with van der Waals surface area (Å²) < 4.78 is 15.5. The molecule has 5 aromatic heterocycles. The highest BCUT2D eigenvalue weighted by Gasteiger charge is 2.21. The molecule has 0 aliphatic rings. The van der Waals surface area contributed by atoms with Crippen LogP contribution in [-0.4, -0.2) is 40.1 Å². The molecule has 0 unspecified atom stereocenters. The zero-order valence-electron chi connectivity index (χ0n) is 15.9. The number of imidazole rings is 1. The summed E-state index contributed by atoms with van der Waals surface area (Å²) in [6.45, 7) is 0. The number of halogens is 1. The second-order valence-corrected chi connectivity index (χ2v) is 6.94. The van der Waals surface area contributed by atoms with Crippen molar-refractivity contribution in [3.05, 3.63) is 73.5 Å². The minimum atomic E-state index is -0.510. The van der Waals surface area contributed by atoms with Crippen LogP contribution in [0.4, 0.5) is 4.39 Å². The maximum absolute atomic E-state index is 15.5. The van der Waals surface area contributed by atoms with Crippen molar-refractivity contribution in [3.63, 3.8) is 0 Å².